The molecule has 1 aromatic heterocycles. The van der Waals surface area contributed by atoms with E-state index in [1.165, 1.54) is 0 Å². The smallest absolute Gasteiger partial charge is 0.227 e. The summed E-state index contributed by atoms with van der Waals surface area (Å²) in [5, 5.41) is 3.42. The lowest BCUT2D eigenvalue weighted by Gasteiger charge is -2.04. The summed E-state index contributed by atoms with van der Waals surface area (Å²) in [6.45, 7) is 0.448. The molecule has 0 spiro atoms. The number of nitrogens with two attached hydrogens (primary N) is 1. The van der Waals surface area contributed by atoms with E-state index in [0.717, 1.165) is 6.42 Å². The molecule has 0 radical (unpaired) electrons. The Morgan fingerprint density at radius 1 is 1.50 bits per heavy atom. The summed E-state index contributed by atoms with van der Waals surface area (Å²) in [4.78, 5) is 4.11. The summed E-state index contributed by atoms with van der Waals surface area (Å²) in [5.41, 5.74) is 5.35. The van der Waals surface area contributed by atoms with Crippen molar-refractivity contribution in [2.24, 2.45) is 5.73 Å². The molecule has 1 saturated heterocycles. The van der Waals surface area contributed by atoms with Gasteiger partial charge in [-0.1, -0.05) is 5.16 Å². The molecule has 1 atom stereocenters. The van der Waals surface area contributed by atoms with Crippen LogP contribution in [0.5, 0.6) is 0 Å². The Morgan fingerprint density at radius 3 is 2.94 bits per heavy atom. The first-order valence-electron chi connectivity index (χ1n) is 5.35. The molecule has 1 unspecified atom stereocenters. The SMILES string of the molecule is NCCc1nc(CC2CCCS2(=O)=O)no1. The average Bonchev–Trinajstić information content (AvgIpc) is 2.76. The van der Waals surface area contributed by atoms with E-state index in [1.807, 2.05) is 0 Å². The van der Waals surface area contributed by atoms with Gasteiger partial charge in [0.25, 0.3) is 0 Å². The minimum Gasteiger partial charge on any atom is -0.339 e. The molecule has 1 fully saturated rings. The number of rotatable bonds is 4. The average molecular weight is 245 g/mol. The highest BCUT2D eigenvalue weighted by Crippen LogP contribution is 2.22. The minimum atomic E-state index is -2.93. The van der Waals surface area contributed by atoms with Crippen molar-refractivity contribution in [2.45, 2.75) is 30.9 Å². The van der Waals surface area contributed by atoms with Crippen molar-refractivity contribution in [2.75, 3.05) is 12.3 Å². The standard InChI is InChI=1S/C9H15N3O3S/c10-4-3-9-11-8(12-15-9)6-7-2-1-5-16(7,13)14/h7H,1-6,10H2. The molecule has 2 N–H and O–H groups in total. The molecule has 0 aliphatic carbocycles. The molecule has 1 aliphatic rings. The Hall–Kier alpha value is -0.950. The Balaban J connectivity index is 2.03. The molecule has 0 amide bonds. The molecule has 0 aromatic carbocycles. The fourth-order valence-corrected chi connectivity index (χ4v) is 3.72. The zero-order chi connectivity index (χ0) is 11.6. The number of hydrogen-bond acceptors (Lipinski definition) is 6. The van der Waals surface area contributed by atoms with Gasteiger partial charge in [0.1, 0.15) is 0 Å². The first-order valence-corrected chi connectivity index (χ1v) is 7.06. The highest BCUT2D eigenvalue weighted by molar-refractivity contribution is 7.92. The van der Waals surface area contributed by atoms with Crippen LogP contribution in [-0.2, 0) is 22.7 Å². The zero-order valence-corrected chi connectivity index (χ0v) is 9.74. The van der Waals surface area contributed by atoms with E-state index in [2.05, 4.69) is 10.1 Å². The fraction of sp³-hybridized carbons (Fsp3) is 0.778. The molecule has 90 valence electrons. The first kappa shape index (κ1) is 11.5. The van der Waals surface area contributed by atoms with Crippen LogP contribution >= 0.6 is 0 Å². The summed E-state index contributed by atoms with van der Waals surface area (Å²) < 4.78 is 28.1. The normalized spacial score (nSPS) is 23.7. The number of hydrogen-bond donors (Lipinski definition) is 1. The zero-order valence-electron chi connectivity index (χ0n) is 8.92. The molecule has 16 heavy (non-hydrogen) atoms. The second-order valence-electron chi connectivity index (χ2n) is 3.98. The molecule has 1 aromatic rings. The van der Waals surface area contributed by atoms with Crippen LogP contribution < -0.4 is 5.73 Å². The molecular weight excluding hydrogens is 230 g/mol. The van der Waals surface area contributed by atoms with E-state index < -0.39 is 9.84 Å². The Morgan fingerprint density at radius 2 is 2.31 bits per heavy atom. The summed E-state index contributed by atoms with van der Waals surface area (Å²) in [7, 11) is -2.93. The third-order valence-electron chi connectivity index (χ3n) is 2.74. The lowest BCUT2D eigenvalue weighted by molar-refractivity contribution is 0.374. The van der Waals surface area contributed by atoms with Gasteiger partial charge in [-0.25, -0.2) is 8.42 Å². The number of aromatic nitrogens is 2. The van der Waals surface area contributed by atoms with Crippen molar-refractivity contribution in [1.82, 2.24) is 10.1 Å². The van der Waals surface area contributed by atoms with Crippen LogP contribution in [-0.4, -0.2) is 36.1 Å². The van der Waals surface area contributed by atoms with Crippen molar-refractivity contribution in [3.05, 3.63) is 11.7 Å². The number of nitrogens with zero attached hydrogens (tertiary/aromatic N) is 2. The topological polar surface area (TPSA) is 99.1 Å². The van der Waals surface area contributed by atoms with Gasteiger partial charge in [-0.05, 0) is 12.8 Å². The third kappa shape index (κ3) is 2.41. The van der Waals surface area contributed by atoms with E-state index in [1.54, 1.807) is 0 Å². The Kier molecular flexibility index (Phi) is 3.25. The summed E-state index contributed by atoms with van der Waals surface area (Å²) in [5.74, 6) is 1.23. The van der Waals surface area contributed by atoms with Crippen LogP contribution in [0.3, 0.4) is 0 Å². The molecule has 2 rings (SSSR count). The van der Waals surface area contributed by atoms with Gasteiger partial charge in [0.15, 0.2) is 15.7 Å². The summed E-state index contributed by atoms with van der Waals surface area (Å²) >= 11 is 0. The largest absolute Gasteiger partial charge is 0.339 e. The molecule has 0 saturated carbocycles. The van der Waals surface area contributed by atoms with Crippen LogP contribution in [0.2, 0.25) is 0 Å². The first-order chi connectivity index (χ1) is 7.62. The highest BCUT2D eigenvalue weighted by atomic mass is 32.2. The lowest BCUT2D eigenvalue weighted by Crippen LogP contribution is -2.19. The predicted octanol–water partition coefficient (Wildman–Crippen LogP) is -0.310. The second-order valence-corrected chi connectivity index (χ2v) is 6.38. The van der Waals surface area contributed by atoms with E-state index >= 15 is 0 Å². The van der Waals surface area contributed by atoms with Crippen LogP contribution in [0.1, 0.15) is 24.6 Å². The lowest BCUT2D eigenvalue weighted by atomic mass is 10.2. The molecular formula is C9H15N3O3S. The van der Waals surface area contributed by atoms with Crippen molar-refractivity contribution in [1.29, 1.82) is 0 Å². The van der Waals surface area contributed by atoms with E-state index in [4.69, 9.17) is 10.3 Å². The van der Waals surface area contributed by atoms with Gasteiger partial charge in [0.05, 0.1) is 11.0 Å². The quantitative estimate of drug-likeness (QED) is 0.781. The molecule has 7 heteroatoms. The monoisotopic (exact) mass is 245 g/mol. The molecule has 0 bridgehead atoms. The third-order valence-corrected chi connectivity index (χ3v) is 5.02. The van der Waals surface area contributed by atoms with Gasteiger partial charge in [-0.2, -0.15) is 4.98 Å². The minimum absolute atomic E-state index is 0.283. The van der Waals surface area contributed by atoms with E-state index in [-0.39, 0.29) is 11.0 Å². The molecule has 6 nitrogen and oxygen atoms in total. The second kappa shape index (κ2) is 4.50. The van der Waals surface area contributed by atoms with E-state index in [0.29, 0.717) is 37.5 Å². The maximum atomic E-state index is 11.6. The van der Waals surface area contributed by atoms with Gasteiger partial charge in [0, 0.05) is 19.4 Å². The van der Waals surface area contributed by atoms with Gasteiger partial charge in [-0.3, -0.25) is 0 Å². The van der Waals surface area contributed by atoms with E-state index in [9.17, 15) is 8.42 Å². The number of sulfone groups is 1. The maximum absolute atomic E-state index is 11.6. The van der Waals surface area contributed by atoms with Gasteiger partial charge < -0.3 is 10.3 Å². The Bertz CT molecular complexity index is 454. The van der Waals surface area contributed by atoms with Crippen LogP contribution in [0.4, 0.5) is 0 Å². The van der Waals surface area contributed by atoms with Gasteiger partial charge >= 0.3 is 0 Å². The van der Waals surface area contributed by atoms with Gasteiger partial charge in [0.2, 0.25) is 5.89 Å². The van der Waals surface area contributed by atoms with Crippen LogP contribution in [0.25, 0.3) is 0 Å². The fourth-order valence-electron chi connectivity index (χ4n) is 1.89. The van der Waals surface area contributed by atoms with Crippen molar-refractivity contribution < 1.29 is 12.9 Å². The van der Waals surface area contributed by atoms with Crippen molar-refractivity contribution >= 4 is 9.84 Å². The molecule has 1 aliphatic heterocycles. The highest BCUT2D eigenvalue weighted by Gasteiger charge is 2.32. The van der Waals surface area contributed by atoms with Crippen molar-refractivity contribution in [3.8, 4) is 0 Å². The Labute approximate surface area is 94.1 Å². The summed E-state index contributed by atoms with van der Waals surface area (Å²) in [6, 6.07) is 0. The van der Waals surface area contributed by atoms with Gasteiger partial charge in [-0.15, -0.1) is 0 Å². The molecule has 2 heterocycles. The van der Waals surface area contributed by atoms with Crippen LogP contribution in [0, 0.1) is 0 Å². The van der Waals surface area contributed by atoms with Crippen molar-refractivity contribution in [3.63, 3.8) is 0 Å². The van der Waals surface area contributed by atoms with Crippen LogP contribution in [0.15, 0.2) is 4.52 Å². The maximum Gasteiger partial charge on any atom is 0.227 e. The summed E-state index contributed by atoms with van der Waals surface area (Å²) in [6.07, 6.45) is 2.32. The predicted molar refractivity (Wildman–Crippen MR) is 57.6 cm³/mol.